The van der Waals surface area contributed by atoms with Crippen LogP contribution in [0.3, 0.4) is 0 Å². The highest BCUT2D eigenvalue weighted by Gasteiger charge is 2.39. The van der Waals surface area contributed by atoms with Gasteiger partial charge < -0.3 is 14.3 Å². The fraction of sp³-hybridized carbons (Fsp3) is 0.833. The van der Waals surface area contributed by atoms with Crippen LogP contribution in [0, 0.1) is 0 Å². The lowest BCUT2D eigenvalue weighted by Crippen LogP contribution is -2.22. The summed E-state index contributed by atoms with van der Waals surface area (Å²) in [6.45, 7) is 5.94. The third-order valence-electron chi connectivity index (χ3n) is 3.85. The standard InChI is InChI=1S/C18H32O3/c1-4-5-6-7-8-9-10-11-12-13-14-16-17(15-19)21-18(2,3)20-16/h13-17H,4-12H2,1-3H3/b14-13+/t16-,17-/m0/s1. The smallest absolute Gasteiger partial charge is 0.164 e. The van der Waals surface area contributed by atoms with Crippen LogP contribution >= 0.6 is 0 Å². The van der Waals surface area contributed by atoms with E-state index < -0.39 is 11.9 Å². The van der Waals surface area contributed by atoms with Crippen molar-refractivity contribution in [2.24, 2.45) is 0 Å². The van der Waals surface area contributed by atoms with Gasteiger partial charge >= 0.3 is 0 Å². The zero-order valence-corrected chi connectivity index (χ0v) is 14.0. The van der Waals surface area contributed by atoms with E-state index in [9.17, 15) is 4.79 Å². The van der Waals surface area contributed by atoms with E-state index in [2.05, 4.69) is 13.0 Å². The van der Waals surface area contributed by atoms with Crippen LogP contribution in [0.15, 0.2) is 12.2 Å². The molecule has 2 atom stereocenters. The molecule has 21 heavy (non-hydrogen) atoms. The van der Waals surface area contributed by atoms with Gasteiger partial charge in [-0.05, 0) is 26.7 Å². The Bertz CT molecular complexity index is 310. The number of carbonyl (C=O) groups excluding carboxylic acids is 1. The summed E-state index contributed by atoms with van der Waals surface area (Å²) in [6.07, 6.45) is 16.0. The first-order valence-electron chi connectivity index (χ1n) is 8.56. The highest BCUT2D eigenvalue weighted by molar-refractivity contribution is 5.58. The number of ether oxygens (including phenoxy) is 2. The van der Waals surface area contributed by atoms with Crippen LogP contribution in [0.4, 0.5) is 0 Å². The number of hydrogen-bond donors (Lipinski definition) is 0. The predicted octanol–water partition coefficient (Wildman–Crippen LogP) is 4.79. The van der Waals surface area contributed by atoms with Crippen molar-refractivity contribution >= 4 is 6.29 Å². The third kappa shape index (κ3) is 7.77. The minimum atomic E-state index is -0.654. The second-order valence-electron chi connectivity index (χ2n) is 6.39. The molecule has 0 aromatic heterocycles. The monoisotopic (exact) mass is 296 g/mol. The number of allylic oxidation sites excluding steroid dienone is 1. The Balaban J connectivity index is 2.05. The van der Waals surface area contributed by atoms with Crippen molar-refractivity contribution in [3.63, 3.8) is 0 Å². The van der Waals surface area contributed by atoms with E-state index in [1.807, 2.05) is 19.9 Å². The topological polar surface area (TPSA) is 35.5 Å². The first-order chi connectivity index (χ1) is 10.1. The van der Waals surface area contributed by atoms with Crippen LogP contribution < -0.4 is 0 Å². The molecule has 1 saturated heterocycles. The Kier molecular flexibility index (Phi) is 8.86. The summed E-state index contributed by atoms with van der Waals surface area (Å²) in [6, 6.07) is 0. The zero-order chi connectivity index (χ0) is 15.6. The minimum Gasteiger partial charge on any atom is -0.340 e. The van der Waals surface area contributed by atoms with Gasteiger partial charge in [0.25, 0.3) is 0 Å². The highest BCUT2D eigenvalue weighted by atomic mass is 16.8. The summed E-state index contributed by atoms with van der Waals surface area (Å²) >= 11 is 0. The van der Waals surface area contributed by atoms with Gasteiger partial charge in [0.2, 0.25) is 0 Å². The van der Waals surface area contributed by atoms with Crippen molar-refractivity contribution in [3.8, 4) is 0 Å². The van der Waals surface area contributed by atoms with Crippen LogP contribution in [0.2, 0.25) is 0 Å². The Morgan fingerprint density at radius 2 is 1.48 bits per heavy atom. The molecular weight excluding hydrogens is 264 g/mol. The molecule has 0 unspecified atom stereocenters. The maximum Gasteiger partial charge on any atom is 0.164 e. The molecule has 3 heteroatoms. The van der Waals surface area contributed by atoms with Crippen molar-refractivity contribution < 1.29 is 14.3 Å². The van der Waals surface area contributed by atoms with Crippen LogP contribution in [-0.2, 0) is 14.3 Å². The molecule has 0 saturated carbocycles. The molecule has 0 amide bonds. The average Bonchev–Trinajstić information content (AvgIpc) is 2.75. The molecule has 0 N–H and O–H groups in total. The SMILES string of the molecule is CCCCCCCCCC/C=C/[C@@H]1OC(C)(C)O[C@H]1C=O. The molecule has 0 aromatic carbocycles. The summed E-state index contributed by atoms with van der Waals surface area (Å²) in [7, 11) is 0. The van der Waals surface area contributed by atoms with Crippen molar-refractivity contribution in [3.05, 3.63) is 12.2 Å². The normalized spacial score (nSPS) is 24.7. The van der Waals surface area contributed by atoms with Crippen molar-refractivity contribution in [1.82, 2.24) is 0 Å². The van der Waals surface area contributed by atoms with Gasteiger partial charge in [0.05, 0.1) is 0 Å². The van der Waals surface area contributed by atoms with E-state index in [0.29, 0.717) is 0 Å². The molecule has 3 nitrogen and oxygen atoms in total. The minimum absolute atomic E-state index is 0.230. The molecule has 1 rings (SSSR count). The lowest BCUT2D eigenvalue weighted by atomic mass is 10.1. The quantitative estimate of drug-likeness (QED) is 0.312. The Hall–Kier alpha value is -0.670. The van der Waals surface area contributed by atoms with Gasteiger partial charge in [-0.15, -0.1) is 0 Å². The summed E-state index contributed by atoms with van der Waals surface area (Å²) < 4.78 is 11.2. The first-order valence-corrected chi connectivity index (χ1v) is 8.56. The molecule has 1 aliphatic rings. The lowest BCUT2D eigenvalue weighted by molar-refractivity contribution is -0.148. The summed E-state index contributed by atoms with van der Waals surface area (Å²) in [5.41, 5.74) is 0. The van der Waals surface area contributed by atoms with Crippen LogP contribution in [-0.4, -0.2) is 24.3 Å². The number of hydrogen-bond acceptors (Lipinski definition) is 3. The first kappa shape index (κ1) is 18.4. The number of carbonyl (C=O) groups is 1. The number of aldehydes is 1. The van der Waals surface area contributed by atoms with Gasteiger partial charge in [-0.3, -0.25) is 0 Å². The molecule has 1 aliphatic heterocycles. The van der Waals surface area contributed by atoms with Gasteiger partial charge in [0.1, 0.15) is 12.2 Å². The molecule has 0 bridgehead atoms. The summed E-state index contributed by atoms with van der Waals surface area (Å²) in [5.74, 6) is -0.654. The largest absolute Gasteiger partial charge is 0.340 e. The summed E-state index contributed by atoms with van der Waals surface area (Å²) in [5, 5.41) is 0. The van der Waals surface area contributed by atoms with Crippen molar-refractivity contribution in [2.45, 2.75) is 96.6 Å². The van der Waals surface area contributed by atoms with Gasteiger partial charge in [-0.2, -0.15) is 0 Å². The third-order valence-corrected chi connectivity index (χ3v) is 3.85. The molecule has 1 heterocycles. The molecule has 0 radical (unpaired) electrons. The second kappa shape index (κ2) is 10.1. The maximum atomic E-state index is 10.9. The average molecular weight is 296 g/mol. The Morgan fingerprint density at radius 3 is 2.10 bits per heavy atom. The molecule has 1 fully saturated rings. The van der Waals surface area contributed by atoms with E-state index in [1.54, 1.807) is 0 Å². The maximum absolute atomic E-state index is 10.9. The fourth-order valence-corrected chi connectivity index (χ4v) is 2.70. The molecule has 0 spiro atoms. The van der Waals surface area contributed by atoms with E-state index in [0.717, 1.165) is 12.7 Å². The van der Waals surface area contributed by atoms with Crippen LogP contribution in [0.5, 0.6) is 0 Å². The van der Waals surface area contributed by atoms with Gasteiger partial charge in [-0.25, -0.2) is 0 Å². The Morgan fingerprint density at radius 1 is 0.905 bits per heavy atom. The second-order valence-corrected chi connectivity index (χ2v) is 6.39. The number of unbranched alkanes of at least 4 members (excludes halogenated alkanes) is 8. The van der Waals surface area contributed by atoms with E-state index in [4.69, 9.17) is 9.47 Å². The van der Waals surface area contributed by atoms with Crippen LogP contribution in [0.25, 0.3) is 0 Å². The zero-order valence-electron chi connectivity index (χ0n) is 14.0. The highest BCUT2D eigenvalue weighted by Crippen LogP contribution is 2.27. The molecule has 122 valence electrons. The van der Waals surface area contributed by atoms with Gasteiger partial charge in [0, 0.05) is 0 Å². The lowest BCUT2D eigenvalue weighted by Gasteiger charge is -2.15. The van der Waals surface area contributed by atoms with Gasteiger partial charge in [0.15, 0.2) is 12.1 Å². The van der Waals surface area contributed by atoms with Gasteiger partial charge in [-0.1, -0.05) is 64.0 Å². The summed E-state index contributed by atoms with van der Waals surface area (Å²) in [4.78, 5) is 10.9. The Labute approximate surface area is 130 Å². The molecule has 0 aromatic rings. The van der Waals surface area contributed by atoms with E-state index in [-0.39, 0.29) is 6.10 Å². The van der Waals surface area contributed by atoms with Crippen molar-refractivity contribution in [2.75, 3.05) is 0 Å². The fourth-order valence-electron chi connectivity index (χ4n) is 2.70. The predicted molar refractivity (Wildman–Crippen MR) is 86.3 cm³/mol. The van der Waals surface area contributed by atoms with Crippen molar-refractivity contribution in [1.29, 1.82) is 0 Å². The molecular formula is C18H32O3. The van der Waals surface area contributed by atoms with E-state index >= 15 is 0 Å². The number of rotatable bonds is 11. The van der Waals surface area contributed by atoms with E-state index in [1.165, 1.54) is 51.4 Å². The molecule has 0 aliphatic carbocycles. The van der Waals surface area contributed by atoms with Crippen LogP contribution in [0.1, 0.15) is 78.6 Å².